The molecule has 0 aliphatic heterocycles. The first-order valence-corrected chi connectivity index (χ1v) is 8.27. The summed E-state index contributed by atoms with van der Waals surface area (Å²) >= 11 is 0. The molecule has 0 spiro atoms. The van der Waals surface area contributed by atoms with Crippen LogP contribution in [0.5, 0.6) is 11.5 Å². The van der Waals surface area contributed by atoms with E-state index in [1.165, 1.54) is 12.1 Å². The highest BCUT2D eigenvalue weighted by Gasteiger charge is 2.18. The summed E-state index contributed by atoms with van der Waals surface area (Å²) in [6, 6.07) is 10.9. The van der Waals surface area contributed by atoms with Crippen LogP contribution in [0.2, 0.25) is 0 Å². The minimum atomic E-state index is -0.575. The van der Waals surface area contributed by atoms with E-state index in [1.807, 2.05) is 13.0 Å². The van der Waals surface area contributed by atoms with Crippen molar-refractivity contribution < 1.29 is 14.4 Å². The fourth-order valence-electron chi connectivity index (χ4n) is 2.61. The highest BCUT2D eigenvalue weighted by Crippen LogP contribution is 2.31. The zero-order valence-electron chi connectivity index (χ0n) is 14.9. The van der Waals surface area contributed by atoms with Crippen LogP contribution in [-0.4, -0.2) is 33.8 Å². The van der Waals surface area contributed by atoms with Gasteiger partial charge in [-0.25, -0.2) is 4.98 Å². The maximum atomic E-state index is 10.9. The summed E-state index contributed by atoms with van der Waals surface area (Å²) in [5, 5.41) is 17.9. The SMILES string of the molecule is CCOc1ccc([C@H](N)c2nc(-c3cccc([N+](=O)[O-])c3)n[nH]2)cc1OC. The van der Waals surface area contributed by atoms with Crippen molar-refractivity contribution in [1.82, 2.24) is 15.2 Å². The van der Waals surface area contributed by atoms with Crippen molar-refractivity contribution in [2.24, 2.45) is 5.73 Å². The van der Waals surface area contributed by atoms with Crippen LogP contribution < -0.4 is 15.2 Å². The molecular weight excluding hydrogens is 350 g/mol. The average Bonchev–Trinajstić information content (AvgIpc) is 3.18. The third-order valence-corrected chi connectivity index (χ3v) is 3.96. The molecule has 0 aliphatic rings. The summed E-state index contributed by atoms with van der Waals surface area (Å²) in [4.78, 5) is 14.9. The number of nitro benzene ring substituents is 1. The third kappa shape index (κ3) is 3.87. The molecular formula is C18H19N5O4. The van der Waals surface area contributed by atoms with Gasteiger partial charge in [0.2, 0.25) is 0 Å². The molecule has 0 saturated heterocycles. The molecule has 1 aromatic heterocycles. The molecule has 140 valence electrons. The molecule has 3 rings (SSSR count). The van der Waals surface area contributed by atoms with E-state index in [0.717, 1.165) is 5.56 Å². The minimum absolute atomic E-state index is 0.0283. The van der Waals surface area contributed by atoms with Crippen molar-refractivity contribution in [3.63, 3.8) is 0 Å². The molecule has 1 atom stereocenters. The zero-order chi connectivity index (χ0) is 19.4. The maximum Gasteiger partial charge on any atom is 0.270 e. The van der Waals surface area contributed by atoms with Gasteiger partial charge in [0.05, 0.1) is 24.7 Å². The Morgan fingerprint density at radius 2 is 2.07 bits per heavy atom. The molecule has 0 aliphatic carbocycles. The first-order chi connectivity index (χ1) is 13.0. The van der Waals surface area contributed by atoms with Crippen molar-refractivity contribution in [3.8, 4) is 22.9 Å². The number of benzene rings is 2. The summed E-state index contributed by atoms with van der Waals surface area (Å²) in [5.41, 5.74) is 7.56. The fourth-order valence-corrected chi connectivity index (χ4v) is 2.61. The summed E-state index contributed by atoms with van der Waals surface area (Å²) < 4.78 is 10.8. The highest BCUT2D eigenvalue weighted by atomic mass is 16.6. The molecule has 27 heavy (non-hydrogen) atoms. The molecule has 9 nitrogen and oxygen atoms in total. The van der Waals surface area contributed by atoms with Crippen LogP contribution in [0.1, 0.15) is 24.4 Å². The lowest BCUT2D eigenvalue weighted by Crippen LogP contribution is -2.14. The third-order valence-electron chi connectivity index (χ3n) is 3.96. The molecule has 3 N–H and O–H groups in total. The number of rotatable bonds is 7. The molecule has 0 unspecified atom stereocenters. The van der Waals surface area contributed by atoms with Crippen molar-refractivity contribution in [2.75, 3.05) is 13.7 Å². The van der Waals surface area contributed by atoms with Gasteiger partial charge in [-0.2, -0.15) is 5.10 Å². The summed E-state index contributed by atoms with van der Waals surface area (Å²) in [6.45, 7) is 2.42. The average molecular weight is 369 g/mol. The number of aromatic amines is 1. The van der Waals surface area contributed by atoms with Gasteiger partial charge in [-0.05, 0) is 24.6 Å². The Hall–Kier alpha value is -3.46. The van der Waals surface area contributed by atoms with E-state index in [1.54, 1.807) is 31.4 Å². The van der Waals surface area contributed by atoms with Gasteiger partial charge in [-0.3, -0.25) is 15.2 Å². The van der Waals surface area contributed by atoms with Gasteiger partial charge >= 0.3 is 0 Å². The number of ether oxygens (including phenoxy) is 2. The molecule has 0 saturated carbocycles. The van der Waals surface area contributed by atoms with E-state index in [-0.39, 0.29) is 5.69 Å². The second-order valence-corrected chi connectivity index (χ2v) is 5.67. The number of nitrogens with two attached hydrogens (primary N) is 1. The number of methoxy groups -OCH3 is 1. The monoisotopic (exact) mass is 369 g/mol. The number of nitrogens with zero attached hydrogens (tertiary/aromatic N) is 3. The van der Waals surface area contributed by atoms with Crippen molar-refractivity contribution in [1.29, 1.82) is 0 Å². The summed E-state index contributed by atoms with van der Waals surface area (Å²) in [5.74, 6) is 1.97. The topological polar surface area (TPSA) is 129 Å². The summed E-state index contributed by atoms with van der Waals surface area (Å²) in [7, 11) is 1.56. The Morgan fingerprint density at radius 3 is 2.78 bits per heavy atom. The Balaban J connectivity index is 1.88. The van der Waals surface area contributed by atoms with Crippen LogP contribution in [0, 0.1) is 10.1 Å². The van der Waals surface area contributed by atoms with E-state index in [2.05, 4.69) is 15.2 Å². The Morgan fingerprint density at radius 1 is 1.26 bits per heavy atom. The van der Waals surface area contributed by atoms with Crippen LogP contribution in [0.15, 0.2) is 42.5 Å². The predicted octanol–water partition coefficient (Wildman–Crippen LogP) is 2.84. The number of nitrogens with one attached hydrogen (secondary N) is 1. The molecule has 1 heterocycles. The standard InChI is InChI=1S/C18H19N5O4/c1-3-27-14-8-7-11(10-15(14)26-2)16(19)18-20-17(21-22-18)12-5-4-6-13(9-12)23(24)25/h4-10,16H,3,19H2,1-2H3,(H,20,21,22)/t16-/m0/s1. The lowest BCUT2D eigenvalue weighted by atomic mass is 10.1. The number of nitro groups is 1. The molecule has 0 fully saturated rings. The van der Waals surface area contributed by atoms with Gasteiger partial charge in [0, 0.05) is 17.7 Å². The van der Waals surface area contributed by atoms with Gasteiger partial charge < -0.3 is 15.2 Å². The number of hydrogen-bond donors (Lipinski definition) is 2. The van der Waals surface area contributed by atoms with Crippen molar-refractivity contribution in [3.05, 3.63) is 64.0 Å². The van der Waals surface area contributed by atoms with Crippen LogP contribution >= 0.6 is 0 Å². The van der Waals surface area contributed by atoms with Gasteiger partial charge in [-0.15, -0.1) is 0 Å². The Kier molecular flexibility index (Phi) is 5.32. The second-order valence-electron chi connectivity index (χ2n) is 5.67. The smallest absolute Gasteiger partial charge is 0.270 e. The molecule has 0 amide bonds. The molecule has 2 aromatic carbocycles. The fraction of sp³-hybridized carbons (Fsp3) is 0.222. The first kappa shape index (κ1) is 18.3. The van der Waals surface area contributed by atoms with E-state index < -0.39 is 11.0 Å². The van der Waals surface area contributed by atoms with Crippen LogP contribution in [0.25, 0.3) is 11.4 Å². The quantitative estimate of drug-likeness (QED) is 0.484. The first-order valence-electron chi connectivity index (χ1n) is 8.27. The van der Waals surface area contributed by atoms with Crippen molar-refractivity contribution in [2.45, 2.75) is 13.0 Å². The number of non-ortho nitro benzene ring substituents is 1. The summed E-state index contributed by atoms with van der Waals surface area (Å²) in [6.07, 6.45) is 0. The maximum absolute atomic E-state index is 10.9. The zero-order valence-corrected chi connectivity index (χ0v) is 14.9. The van der Waals surface area contributed by atoms with E-state index in [0.29, 0.717) is 35.3 Å². The van der Waals surface area contributed by atoms with Gasteiger partial charge in [0.15, 0.2) is 17.3 Å². The van der Waals surface area contributed by atoms with Gasteiger partial charge in [0.1, 0.15) is 5.82 Å². The van der Waals surface area contributed by atoms with E-state index in [4.69, 9.17) is 15.2 Å². The van der Waals surface area contributed by atoms with Gasteiger partial charge in [0.25, 0.3) is 5.69 Å². The molecule has 9 heteroatoms. The van der Waals surface area contributed by atoms with Gasteiger partial charge in [-0.1, -0.05) is 18.2 Å². The van der Waals surface area contributed by atoms with E-state index in [9.17, 15) is 10.1 Å². The normalized spacial score (nSPS) is 11.8. The largest absolute Gasteiger partial charge is 0.493 e. The van der Waals surface area contributed by atoms with Crippen LogP contribution in [0.3, 0.4) is 0 Å². The number of H-pyrrole nitrogens is 1. The Labute approximate surface area is 155 Å². The number of aromatic nitrogens is 3. The predicted molar refractivity (Wildman–Crippen MR) is 98.7 cm³/mol. The van der Waals surface area contributed by atoms with Crippen molar-refractivity contribution >= 4 is 5.69 Å². The number of hydrogen-bond acceptors (Lipinski definition) is 7. The Bertz CT molecular complexity index is 956. The van der Waals surface area contributed by atoms with Crippen LogP contribution in [0.4, 0.5) is 5.69 Å². The molecule has 3 aromatic rings. The minimum Gasteiger partial charge on any atom is -0.493 e. The van der Waals surface area contributed by atoms with Crippen LogP contribution in [-0.2, 0) is 0 Å². The molecule has 0 radical (unpaired) electrons. The second kappa shape index (κ2) is 7.83. The molecule has 0 bridgehead atoms. The lowest BCUT2D eigenvalue weighted by molar-refractivity contribution is -0.384. The lowest BCUT2D eigenvalue weighted by Gasteiger charge is -2.13. The van der Waals surface area contributed by atoms with E-state index >= 15 is 0 Å². The highest BCUT2D eigenvalue weighted by molar-refractivity contribution is 5.59.